The van der Waals surface area contributed by atoms with Crippen LogP contribution in [0.3, 0.4) is 0 Å². The second kappa shape index (κ2) is 10.1. The van der Waals surface area contributed by atoms with Gasteiger partial charge in [0.15, 0.2) is 0 Å². The van der Waals surface area contributed by atoms with E-state index in [-0.39, 0.29) is 0 Å². The van der Waals surface area contributed by atoms with Gasteiger partial charge in [-0.15, -0.1) is 0 Å². The highest BCUT2D eigenvalue weighted by atomic mass is 16.5. The van der Waals surface area contributed by atoms with E-state index in [1.54, 1.807) is 19.6 Å². The summed E-state index contributed by atoms with van der Waals surface area (Å²) < 4.78 is 10.7. The summed E-state index contributed by atoms with van der Waals surface area (Å²) in [7, 11) is 1.66. The maximum absolute atomic E-state index is 10.9. The zero-order valence-corrected chi connectivity index (χ0v) is 17.6. The van der Waals surface area contributed by atoms with Crippen molar-refractivity contribution in [1.29, 1.82) is 0 Å². The van der Waals surface area contributed by atoms with Crippen LogP contribution in [0.15, 0.2) is 53.3 Å². The van der Waals surface area contributed by atoms with E-state index in [0.717, 1.165) is 73.3 Å². The molecule has 2 aromatic heterocycles. The number of nitrogens with one attached hydrogen (secondary N) is 1. The number of benzene rings is 1. The van der Waals surface area contributed by atoms with Crippen LogP contribution in [-0.4, -0.2) is 54.3 Å². The largest absolute Gasteiger partial charge is 0.497 e. The Hall–Kier alpha value is -2.41. The quantitative estimate of drug-likeness (QED) is 0.527. The molecule has 0 bridgehead atoms. The summed E-state index contributed by atoms with van der Waals surface area (Å²) >= 11 is 0. The van der Waals surface area contributed by atoms with Gasteiger partial charge in [-0.3, -0.25) is 4.98 Å². The van der Waals surface area contributed by atoms with E-state index in [1.807, 2.05) is 36.4 Å². The minimum absolute atomic E-state index is 0.541. The van der Waals surface area contributed by atoms with Crippen LogP contribution in [0.25, 0.3) is 10.9 Å². The highest BCUT2D eigenvalue weighted by molar-refractivity contribution is 5.83. The molecule has 1 aliphatic rings. The van der Waals surface area contributed by atoms with Crippen molar-refractivity contribution in [3.8, 4) is 5.75 Å². The number of likely N-dealkylation sites (tertiary alicyclic amines) is 1. The molecular formula is C24H31N3O3. The predicted octanol–water partition coefficient (Wildman–Crippen LogP) is 3.56. The van der Waals surface area contributed by atoms with E-state index >= 15 is 0 Å². The zero-order valence-electron chi connectivity index (χ0n) is 17.6. The molecule has 0 aliphatic carbocycles. The van der Waals surface area contributed by atoms with Crippen LogP contribution in [-0.2, 0) is 6.42 Å². The molecule has 6 nitrogen and oxygen atoms in total. The van der Waals surface area contributed by atoms with Crippen molar-refractivity contribution < 1.29 is 14.3 Å². The first kappa shape index (κ1) is 20.8. The summed E-state index contributed by atoms with van der Waals surface area (Å²) in [4.78, 5) is 6.77. The number of pyridine rings is 1. The van der Waals surface area contributed by atoms with Crippen molar-refractivity contribution in [3.63, 3.8) is 0 Å². The molecule has 3 heterocycles. The van der Waals surface area contributed by atoms with Gasteiger partial charge < -0.3 is 24.5 Å². The summed E-state index contributed by atoms with van der Waals surface area (Å²) in [5.74, 6) is 1.84. The van der Waals surface area contributed by atoms with Crippen molar-refractivity contribution >= 4 is 10.9 Å². The molecule has 0 saturated carbocycles. The number of methoxy groups -OCH3 is 1. The Morgan fingerprint density at radius 3 is 2.90 bits per heavy atom. The van der Waals surface area contributed by atoms with Crippen LogP contribution in [0.1, 0.15) is 36.7 Å². The highest BCUT2D eigenvalue weighted by Gasteiger charge is 2.22. The number of rotatable bonds is 9. The summed E-state index contributed by atoms with van der Waals surface area (Å²) in [6.45, 7) is 3.65. The van der Waals surface area contributed by atoms with Crippen molar-refractivity contribution in [3.05, 3.63) is 60.2 Å². The van der Waals surface area contributed by atoms with E-state index in [2.05, 4.69) is 15.2 Å². The van der Waals surface area contributed by atoms with Crippen LogP contribution in [0.5, 0.6) is 5.75 Å². The van der Waals surface area contributed by atoms with Gasteiger partial charge in [0.05, 0.1) is 25.0 Å². The number of ether oxygens (including phenoxy) is 1. The van der Waals surface area contributed by atoms with Gasteiger partial charge in [0.1, 0.15) is 11.5 Å². The van der Waals surface area contributed by atoms with Crippen molar-refractivity contribution in [2.45, 2.75) is 37.8 Å². The smallest absolute Gasteiger partial charge is 0.119 e. The molecule has 4 rings (SSSR count). The second-order valence-corrected chi connectivity index (χ2v) is 8.01. The average molecular weight is 410 g/mol. The molecule has 160 valence electrons. The Morgan fingerprint density at radius 2 is 2.13 bits per heavy atom. The van der Waals surface area contributed by atoms with E-state index in [1.165, 1.54) is 0 Å². The monoisotopic (exact) mass is 409 g/mol. The second-order valence-electron chi connectivity index (χ2n) is 8.01. The lowest BCUT2D eigenvalue weighted by atomic mass is 10.0. The van der Waals surface area contributed by atoms with Crippen LogP contribution in [0, 0.1) is 0 Å². The predicted molar refractivity (Wildman–Crippen MR) is 118 cm³/mol. The molecule has 1 aliphatic heterocycles. The van der Waals surface area contributed by atoms with Crippen molar-refractivity contribution in [2.24, 2.45) is 0 Å². The Balaban J connectivity index is 1.25. The van der Waals surface area contributed by atoms with E-state index < -0.39 is 6.10 Å². The number of nitrogens with zero attached hydrogens (tertiary/aromatic N) is 2. The van der Waals surface area contributed by atoms with Gasteiger partial charge in [-0.25, -0.2) is 0 Å². The number of aliphatic hydroxyl groups excluding tert-OH is 1. The van der Waals surface area contributed by atoms with E-state index in [4.69, 9.17) is 9.15 Å². The standard InChI is InChI=1S/C24H31N3O3/c1-29-20-6-7-23-22(16-20)21(8-12-26-23)24(28)17-27-13-9-18(10-14-27)25-11-2-4-19-5-3-15-30-19/h3,5-8,12,15-16,18,24-25,28H,2,4,9-11,13-14,17H2,1H3. The van der Waals surface area contributed by atoms with Crippen LogP contribution < -0.4 is 10.1 Å². The van der Waals surface area contributed by atoms with Crippen molar-refractivity contribution in [1.82, 2.24) is 15.2 Å². The maximum atomic E-state index is 10.9. The molecule has 2 N–H and O–H groups in total. The number of aromatic nitrogens is 1. The Bertz CT molecular complexity index is 921. The van der Waals surface area contributed by atoms with Gasteiger partial charge in [0, 0.05) is 30.6 Å². The third-order valence-electron chi connectivity index (χ3n) is 5.97. The van der Waals surface area contributed by atoms with Gasteiger partial charge in [-0.1, -0.05) is 0 Å². The Morgan fingerprint density at radius 1 is 1.27 bits per heavy atom. The molecule has 1 atom stereocenters. The molecule has 1 fully saturated rings. The number of β-amino-alcohol motifs (C(OH)–C–C–N with tert-alkyl or cyclic N) is 1. The van der Waals surface area contributed by atoms with E-state index in [0.29, 0.717) is 12.6 Å². The maximum Gasteiger partial charge on any atom is 0.119 e. The lowest BCUT2D eigenvalue weighted by Gasteiger charge is -2.33. The number of furan rings is 1. The average Bonchev–Trinajstić information content (AvgIpc) is 3.30. The number of aryl methyl sites for hydroxylation is 1. The molecule has 1 unspecified atom stereocenters. The molecule has 1 saturated heterocycles. The molecule has 1 aromatic carbocycles. The molecule has 0 radical (unpaired) electrons. The first-order valence-corrected chi connectivity index (χ1v) is 10.8. The fourth-order valence-electron chi connectivity index (χ4n) is 4.25. The van der Waals surface area contributed by atoms with Gasteiger partial charge in [-0.2, -0.15) is 0 Å². The SMILES string of the molecule is COc1ccc2nccc(C(O)CN3CCC(NCCCc4ccco4)CC3)c2c1. The molecule has 0 amide bonds. The van der Waals surface area contributed by atoms with Crippen molar-refractivity contribution in [2.75, 3.05) is 33.3 Å². The Labute approximate surface area is 177 Å². The number of hydrogen-bond donors (Lipinski definition) is 2. The number of aliphatic hydroxyl groups is 1. The number of fused-ring (bicyclic) bond motifs is 1. The van der Waals surface area contributed by atoms with Gasteiger partial charge in [0.2, 0.25) is 0 Å². The zero-order chi connectivity index (χ0) is 20.8. The molecule has 0 spiro atoms. The Kier molecular flexibility index (Phi) is 7.00. The van der Waals surface area contributed by atoms with Gasteiger partial charge >= 0.3 is 0 Å². The van der Waals surface area contributed by atoms with Crippen LogP contribution in [0.4, 0.5) is 0 Å². The summed E-state index contributed by atoms with van der Waals surface area (Å²) in [6, 6.07) is 12.2. The summed E-state index contributed by atoms with van der Waals surface area (Å²) in [5.41, 5.74) is 1.79. The molecule has 6 heteroatoms. The molecular weight excluding hydrogens is 378 g/mol. The highest BCUT2D eigenvalue weighted by Crippen LogP contribution is 2.27. The topological polar surface area (TPSA) is 70.8 Å². The molecule has 30 heavy (non-hydrogen) atoms. The third-order valence-corrected chi connectivity index (χ3v) is 5.97. The lowest BCUT2D eigenvalue weighted by Crippen LogP contribution is -2.44. The lowest BCUT2D eigenvalue weighted by molar-refractivity contribution is 0.0950. The normalized spacial score (nSPS) is 16.7. The summed E-state index contributed by atoms with van der Waals surface area (Å²) in [5, 5.41) is 15.6. The van der Waals surface area contributed by atoms with Gasteiger partial charge in [0.25, 0.3) is 0 Å². The first-order valence-electron chi connectivity index (χ1n) is 10.8. The number of hydrogen-bond acceptors (Lipinski definition) is 6. The number of piperidine rings is 1. The fourth-order valence-corrected chi connectivity index (χ4v) is 4.25. The third kappa shape index (κ3) is 5.19. The van der Waals surface area contributed by atoms with Gasteiger partial charge in [-0.05, 0) is 80.9 Å². The fraction of sp³-hybridized carbons (Fsp3) is 0.458. The summed E-state index contributed by atoms with van der Waals surface area (Å²) in [6.07, 6.45) is 7.25. The van der Waals surface area contributed by atoms with E-state index in [9.17, 15) is 5.11 Å². The van der Waals surface area contributed by atoms with Crippen LogP contribution in [0.2, 0.25) is 0 Å². The molecule has 3 aromatic rings. The minimum atomic E-state index is -0.541. The van der Waals surface area contributed by atoms with Crippen LogP contribution >= 0.6 is 0 Å². The first-order chi connectivity index (χ1) is 14.7. The minimum Gasteiger partial charge on any atom is -0.497 e.